The van der Waals surface area contributed by atoms with Crippen molar-refractivity contribution in [2.75, 3.05) is 13.1 Å². The first-order valence-electron chi connectivity index (χ1n) is 21.6. The summed E-state index contributed by atoms with van der Waals surface area (Å²) in [4.78, 5) is 48.6. The van der Waals surface area contributed by atoms with Gasteiger partial charge in [0, 0.05) is 25.9 Å². The summed E-state index contributed by atoms with van der Waals surface area (Å²) in [5, 5.41) is 17.4. The molecule has 0 saturated heterocycles. The predicted molar refractivity (Wildman–Crippen MR) is 223 cm³/mol. The first kappa shape index (κ1) is 49.8. The van der Waals surface area contributed by atoms with Gasteiger partial charge in [0.25, 0.3) is 0 Å². The van der Waals surface area contributed by atoms with Crippen molar-refractivity contribution < 1.29 is 24.3 Å². The molecule has 0 rings (SSSR count). The highest BCUT2D eigenvalue weighted by atomic mass is 16.4. The van der Waals surface area contributed by atoms with Gasteiger partial charge in [0.2, 0.25) is 17.7 Å². The molecule has 8 heteroatoms. The molecule has 0 bridgehead atoms. The molecule has 0 aliphatic carbocycles. The molecule has 0 heterocycles. The van der Waals surface area contributed by atoms with Crippen LogP contribution in [0.15, 0.2) is 48.6 Å². The highest BCUT2D eigenvalue weighted by Gasteiger charge is 2.22. The van der Waals surface area contributed by atoms with Gasteiger partial charge >= 0.3 is 5.97 Å². The summed E-state index contributed by atoms with van der Waals surface area (Å²) in [5.41, 5.74) is 0. The number of hydrogen-bond donors (Lipinski definition) is 4. The van der Waals surface area contributed by atoms with Crippen LogP contribution >= 0.6 is 0 Å². The Morgan fingerprint density at radius 3 is 1.34 bits per heavy atom. The first-order chi connectivity index (χ1) is 25.9. The summed E-state index contributed by atoms with van der Waals surface area (Å²) in [5.74, 6) is -2.03. The Balaban J connectivity index is 4.12. The van der Waals surface area contributed by atoms with Crippen LogP contribution in [0.3, 0.4) is 0 Å². The highest BCUT2D eigenvalue weighted by Crippen LogP contribution is 2.10. The Labute approximate surface area is 324 Å². The van der Waals surface area contributed by atoms with Gasteiger partial charge in [-0.1, -0.05) is 140 Å². The van der Waals surface area contributed by atoms with E-state index in [2.05, 4.69) is 78.4 Å². The number of amides is 3. The molecule has 1 unspecified atom stereocenters. The lowest BCUT2D eigenvalue weighted by atomic mass is 10.1. The second-order valence-electron chi connectivity index (χ2n) is 14.4. The fourth-order valence-electron chi connectivity index (χ4n) is 5.91. The van der Waals surface area contributed by atoms with Crippen LogP contribution in [0.25, 0.3) is 0 Å². The third kappa shape index (κ3) is 38.4. The topological polar surface area (TPSA) is 125 Å². The molecule has 0 radical (unpaired) electrons. The number of aliphatic carboxylic acids is 1. The normalized spacial score (nSPS) is 12.3. The first-order valence-corrected chi connectivity index (χ1v) is 21.6. The average Bonchev–Trinajstić information content (AvgIpc) is 3.14. The number of allylic oxidation sites excluding steroid dienone is 8. The van der Waals surface area contributed by atoms with E-state index in [0.717, 1.165) is 64.2 Å². The van der Waals surface area contributed by atoms with Crippen LogP contribution in [0.2, 0.25) is 0 Å². The van der Waals surface area contributed by atoms with E-state index in [4.69, 9.17) is 5.11 Å². The summed E-state index contributed by atoms with van der Waals surface area (Å²) < 4.78 is 0. The van der Waals surface area contributed by atoms with Gasteiger partial charge in [-0.25, -0.2) is 0 Å². The number of hydrogen-bond acceptors (Lipinski definition) is 4. The quantitative estimate of drug-likeness (QED) is 0.0370. The Morgan fingerprint density at radius 2 is 0.887 bits per heavy atom. The second-order valence-corrected chi connectivity index (χ2v) is 14.4. The molecule has 1 atom stereocenters. The summed E-state index contributed by atoms with van der Waals surface area (Å²) in [6.07, 6.45) is 45.8. The largest absolute Gasteiger partial charge is 0.481 e. The van der Waals surface area contributed by atoms with Crippen LogP contribution in [0, 0.1) is 0 Å². The van der Waals surface area contributed by atoms with Crippen molar-refractivity contribution in [3.8, 4) is 0 Å². The summed E-state index contributed by atoms with van der Waals surface area (Å²) in [7, 11) is 0. The number of carboxylic acids is 1. The molecular weight excluding hydrogens is 663 g/mol. The minimum absolute atomic E-state index is 0.115. The number of carbonyl (C=O) groups excluding carboxylic acids is 3. The maximum atomic E-state index is 12.9. The van der Waals surface area contributed by atoms with E-state index in [9.17, 15) is 19.2 Å². The minimum atomic E-state index is -1.07. The van der Waals surface area contributed by atoms with Gasteiger partial charge in [0.05, 0.1) is 6.42 Å². The van der Waals surface area contributed by atoms with E-state index >= 15 is 0 Å². The molecule has 0 fully saturated rings. The van der Waals surface area contributed by atoms with Crippen molar-refractivity contribution in [2.24, 2.45) is 0 Å². The van der Waals surface area contributed by atoms with Crippen molar-refractivity contribution in [1.29, 1.82) is 0 Å². The Bertz CT molecular complexity index is 1020. The molecule has 0 aromatic heterocycles. The zero-order valence-corrected chi connectivity index (χ0v) is 34.0. The van der Waals surface area contributed by atoms with Gasteiger partial charge in [-0.2, -0.15) is 0 Å². The third-order valence-corrected chi connectivity index (χ3v) is 9.25. The van der Waals surface area contributed by atoms with Crippen LogP contribution in [0.1, 0.15) is 194 Å². The number of rotatable bonds is 38. The lowest BCUT2D eigenvalue weighted by molar-refractivity contribution is -0.139. The van der Waals surface area contributed by atoms with Crippen molar-refractivity contribution in [2.45, 2.75) is 200 Å². The van der Waals surface area contributed by atoms with Gasteiger partial charge in [-0.3, -0.25) is 19.2 Å². The van der Waals surface area contributed by atoms with Crippen LogP contribution in [0.5, 0.6) is 0 Å². The smallest absolute Gasteiger partial charge is 0.303 e. The summed E-state index contributed by atoms with van der Waals surface area (Å²) >= 11 is 0. The molecule has 3 amide bonds. The van der Waals surface area contributed by atoms with E-state index in [1.54, 1.807) is 0 Å². The molecule has 53 heavy (non-hydrogen) atoms. The molecule has 0 aliphatic rings. The third-order valence-electron chi connectivity index (χ3n) is 9.25. The molecule has 304 valence electrons. The second kappa shape index (κ2) is 40.0. The molecule has 0 aromatic carbocycles. The molecule has 0 aliphatic heterocycles. The van der Waals surface area contributed by atoms with Crippen LogP contribution < -0.4 is 16.0 Å². The van der Waals surface area contributed by atoms with Crippen molar-refractivity contribution in [3.63, 3.8) is 0 Å². The van der Waals surface area contributed by atoms with E-state index in [-0.39, 0.29) is 37.5 Å². The Hall–Kier alpha value is -3.16. The molecule has 8 nitrogen and oxygen atoms in total. The predicted octanol–water partition coefficient (Wildman–Crippen LogP) is 11.0. The SMILES string of the molecule is CCCCC/C=C\C/C=C\CCCCCCCCNC(=O)CCC(NC(=O)CCC(=O)O)C(=O)NCCCCCCCC/C=C\C/C=C\CCCCC. The lowest BCUT2D eigenvalue weighted by Crippen LogP contribution is -2.47. The van der Waals surface area contributed by atoms with Crippen molar-refractivity contribution in [1.82, 2.24) is 16.0 Å². The molecule has 4 N–H and O–H groups in total. The summed E-state index contributed by atoms with van der Waals surface area (Å²) in [6, 6.07) is -0.867. The van der Waals surface area contributed by atoms with Gasteiger partial charge < -0.3 is 21.1 Å². The standard InChI is InChI=1S/C45H79N3O5/c1-3-5-7-9-11-13-15-17-19-21-23-25-27-29-31-33-39-46-42(49)36-35-41(48-43(50)37-38-44(51)52)45(53)47-40-34-32-30-28-26-24-22-20-18-16-14-12-10-8-6-4-2/h11-14,17-20,41H,3-10,15-16,21-40H2,1-2H3,(H,46,49)(H,47,53)(H,48,50)(H,51,52)/b13-11-,14-12-,19-17-,20-18-. The Kier molecular flexibility index (Phi) is 37.6. The molecule has 0 aromatic rings. The van der Waals surface area contributed by atoms with Gasteiger partial charge in [-0.15, -0.1) is 0 Å². The summed E-state index contributed by atoms with van der Waals surface area (Å²) in [6.45, 7) is 5.57. The molecule has 0 saturated carbocycles. The van der Waals surface area contributed by atoms with E-state index < -0.39 is 17.9 Å². The van der Waals surface area contributed by atoms with Crippen LogP contribution in [0.4, 0.5) is 0 Å². The fraction of sp³-hybridized carbons (Fsp3) is 0.733. The van der Waals surface area contributed by atoms with Crippen molar-refractivity contribution in [3.05, 3.63) is 48.6 Å². The van der Waals surface area contributed by atoms with Crippen LogP contribution in [-0.2, 0) is 19.2 Å². The minimum Gasteiger partial charge on any atom is -0.481 e. The zero-order valence-electron chi connectivity index (χ0n) is 34.0. The molecular formula is C45H79N3O5. The average molecular weight is 742 g/mol. The fourth-order valence-corrected chi connectivity index (χ4v) is 5.91. The van der Waals surface area contributed by atoms with Gasteiger partial charge in [-0.05, 0) is 83.5 Å². The zero-order chi connectivity index (χ0) is 38.9. The number of nitrogens with one attached hydrogen (secondary N) is 3. The van der Waals surface area contributed by atoms with Crippen LogP contribution in [-0.4, -0.2) is 47.9 Å². The Morgan fingerprint density at radius 1 is 0.472 bits per heavy atom. The maximum Gasteiger partial charge on any atom is 0.303 e. The van der Waals surface area contributed by atoms with Gasteiger partial charge in [0.1, 0.15) is 6.04 Å². The highest BCUT2D eigenvalue weighted by molar-refractivity contribution is 5.89. The number of carboxylic acid groups (broad SMARTS) is 1. The lowest BCUT2D eigenvalue weighted by Gasteiger charge is -2.18. The van der Waals surface area contributed by atoms with E-state index in [1.807, 2.05) is 0 Å². The number of carbonyl (C=O) groups is 4. The van der Waals surface area contributed by atoms with E-state index in [0.29, 0.717) is 13.1 Å². The van der Waals surface area contributed by atoms with Gasteiger partial charge in [0.15, 0.2) is 0 Å². The number of unbranched alkanes of at least 4 members (excludes halogenated alkanes) is 18. The van der Waals surface area contributed by atoms with Crippen molar-refractivity contribution >= 4 is 23.7 Å². The monoisotopic (exact) mass is 742 g/mol. The van der Waals surface area contributed by atoms with E-state index in [1.165, 1.54) is 89.9 Å². The molecule has 0 spiro atoms. The maximum absolute atomic E-state index is 12.9.